The van der Waals surface area contributed by atoms with Gasteiger partial charge in [0.15, 0.2) is 5.75 Å². The zero-order valence-electron chi connectivity index (χ0n) is 17.4. The minimum Gasteiger partial charge on any atom is -0.504 e. The Labute approximate surface area is 168 Å². The summed E-state index contributed by atoms with van der Waals surface area (Å²) in [4.78, 5) is 12.5. The number of benzene rings is 1. The lowest BCUT2D eigenvalue weighted by atomic mass is 10.1. The van der Waals surface area contributed by atoms with Crippen LogP contribution in [0.5, 0.6) is 17.2 Å². The maximum Gasteiger partial charge on any atom is 0.297 e. The number of rotatable bonds is 13. The maximum atomic E-state index is 12.5. The number of hydrogen-bond acceptors (Lipinski definition) is 4. The molecule has 1 aromatic carbocycles. The van der Waals surface area contributed by atoms with Crippen LogP contribution in [0, 0.1) is 0 Å². The lowest BCUT2D eigenvalue weighted by Gasteiger charge is -2.14. The Morgan fingerprint density at radius 2 is 1.50 bits per heavy atom. The van der Waals surface area contributed by atoms with Gasteiger partial charge in [-0.15, -0.1) is 0 Å². The Kier molecular flexibility index (Phi) is 9.18. The predicted octanol–water partition coefficient (Wildman–Crippen LogP) is 5.73. The van der Waals surface area contributed by atoms with E-state index in [-0.39, 0.29) is 5.75 Å². The minimum atomic E-state index is -0.577. The van der Waals surface area contributed by atoms with Crippen LogP contribution in [0.3, 0.4) is 0 Å². The van der Waals surface area contributed by atoms with E-state index in [9.17, 15) is 15.0 Å². The average Bonchev–Trinajstić information content (AvgIpc) is 2.71. The molecule has 5 heteroatoms. The van der Waals surface area contributed by atoms with Gasteiger partial charge in [0.1, 0.15) is 5.75 Å². The molecule has 2 N–H and O–H groups in total. The Bertz CT molecular complexity index is 797. The summed E-state index contributed by atoms with van der Waals surface area (Å²) in [6.07, 6.45) is 11.2. The monoisotopic (exact) mass is 389 g/mol. The molecule has 0 radical (unpaired) electrons. The average molecular weight is 390 g/mol. The van der Waals surface area contributed by atoms with Crippen molar-refractivity contribution in [2.24, 2.45) is 0 Å². The van der Waals surface area contributed by atoms with Gasteiger partial charge in [0.2, 0.25) is 5.75 Å². The van der Waals surface area contributed by atoms with Crippen molar-refractivity contribution in [2.45, 2.75) is 84.6 Å². The molecule has 28 heavy (non-hydrogen) atoms. The molecule has 1 heterocycles. The third-order valence-electron chi connectivity index (χ3n) is 5.19. The molecule has 0 saturated carbocycles. The summed E-state index contributed by atoms with van der Waals surface area (Å²) in [6.45, 7) is 5.52. The number of aromatic nitrogens is 1. The Balaban J connectivity index is 2.15. The van der Waals surface area contributed by atoms with Crippen molar-refractivity contribution in [3.05, 3.63) is 28.6 Å². The molecule has 1 aromatic heterocycles. The van der Waals surface area contributed by atoms with Gasteiger partial charge in [-0.1, -0.05) is 65.2 Å². The van der Waals surface area contributed by atoms with Crippen molar-refractivity contribution >= 4 is 10.9 Å². The summed E-state index contributed by atoms with van der Waals surface area (Å²) >= 11 is 0. The summed E-state index contributed by atoms with van der Waals surface area (Å²) < 4.78 is 7.40. The largest absolute Gasteiger partial charge is 0.504 e. The van der Waals surface area contributed by atoms with E-state index in [2.05, 4.69) is 13.8 Å². The van der Waals surface area contributed by atoms with Gasteiger partial charge in [-0.05, 0) is 25.0 Å². The van der Waals surface area contributed by atoms with Crippen LogP contribution in [0.4, 0.5) is 0 Å². The molecule has 2 aromatic rings. The minimum absolute atomic E-state index is 0.353. The lowest BCUT2D eigenvalue weighted by molar-refractivity contribution is 0.305. The molecule has 0 saturated heterocycles. The fraction of sp³-hybridized carbons (Fsp3) is 0.609. The molecule has 0 spiro atoms. The van der Waals surface area contributed by atoms with E-state index in [1.165, 1.54) is 32.1 Å². The van der Waals surface area contributed by atoms with E-state index in [0.29, 0.717) is 29.8 Å². The van der Waals surface area contributed by atoms with E-state index in [1.54, 1.807) is 22.8 Å². The number of aromatic hydroxyl groups is 2. The van der Waals surface area contributed by atoms with Crippen molar-refractivity contribution in [1.82, 2.24) is 4.57 Å². The van der Waals surface area contributed by atoms with Crippen LogP contribution in [-0.4, -0.2) is 21.4 Å². The molecule has 0 unspecified atom stereocenters. The zero-order valence-corrected chi connectivity index (χ0v) is 17.4. The lowest BCUT2D eigenvalue weighted by Crippen LogP contribution is -2.20. The molecule has 5 nitrogen and oxygen atoms in total. The van der Waals surface area contributed by atoms with Gasteiger partial charge in [0.25, 0.3) is 5.56 Å². The van der Waals surface area contributed by atoms with Crippen LogP contribution >= 0.6 is 0 Å². The van der Waals surface area contributed by atoms with E-state index < -0.39 is 11.3 Å². The molecule has 156 valence electrons. The summed E-state index contributed by atoms with van der Waals surface area (Å²) in [5, 5.41) is 20.7. The Morgan fingerprint density at radius 3 is 2.21 bits per heavy atom. The van der Waals surface area contributed by atoms with Gasteiger partial charge in [-0.3, -0.25) is 4.79 Å². The Hall–Kier alpha value is -2.17. The van der Waals surface area contributed by atoms with Crippen molar-refractivity contribution in [3.8, 4) is 17.2 Å². The highest BCUT2D eigenvalue weighted by molar-refractivity contribution is 5.88. The fourth-order valence-electron chi connectivity index (χ4n) is 3.48. The van der Waals surface area contributed by atoms with Crippen LogP contribution in [-0.2, 0) is 6.54 Å². The Morgan fingerprint density at radius 1 is 0.857 bits per heavy atom. The second-order valence-corrected chi connectivity index (χ2v) is 7.51. The fourth-order valence-corrected chi connectivity index (χ4v) is 3.48. The first-order valence-electron chi connectivity index (χ1n) is 10.8. The molecule has 0 amide bonds. The molecule has 0 fully saturated rings. The SMILES string of the molecule is CCCCCCCCn1c(=O)c(O)c(O)c2ccc(OCCCCCC)cc21. The molecule has 0 bridgehead atoms. The van der Waals surface area contributed by atoms with Crippen LogP contribution in [0.1, 0.15) is 78.1 Å². The highest BCUT2D eigenvalue weighted by Gasteiger charge is 2.16. The molecule has 2 rings (SSSR count). The number of aryl methyl sites for hydroxylation is 1. The highest BCUT2D eigenvalue weighted by atomic mass is 16.5. The number of ether oxygens (including phenoxy) is 1. The van der Waals surface area contributed by atoms with Crippen molar-refractivity contribution in [3.63, 3.8) is 0 Å². The molecular weight excluding hydrogens is 354 g/mol. The predicted molar refractivity (Wildman–Crippen MR) is 115 cm³/mol. The summed E-state index contributed by atoms with van der Waals surface area (Å²) in [6, 6.07) is 5.29. The molecule has 0 aliphatic heterocycles. The van der Waals surface area contributed by atoms with E-state index in [1.807, 2.05) is 0 Å². The molecule has 0 atom stereocenters. The van der Waals surface area contributed by atoms with Gasteiger partial charge in [-0.25, -0.2) is 0 Å². The van der Waals surface area contributed by atoms with Gasteiger partial charge in [-0.2, -0.15) is 0 Å². The summed E-state index contributed by atoms with van der Waals surface area (Å²) in [7, 11) is 0. The quantitative estimate of drug-likeness (QED) is 0.429. The van der Waals surface area contributed by atoms with E-state index in [4.69, 9.17) is 4.74 Å². The zero-order chi connectivity index (χ0) is 20.4. The first kappa shape index (κ1) is 22.1. The van der Waals surface area contributed by atoms with Gasteiger partial charge in [0.05, 0.1) is 12.1 Å². The summed E-state index contributed by atoms with van der Waals surface area (Å²) in [5.41, 5.74) is 0.0681. The topological polar surface area (TPSA) is 71.7 Å². The normalized spacial score (nSPS) is 11.2. The number of unbranched alkanes of at least 4 members (excludes halogenated alkanes) is 8. The summed E-state index contributed by atoms with van der Waals surface area (Å²) in [5.74, 6) is -0.245. The van der Waals surface area contributed by atoms with Gasteiger partial charge >= 0.3 is 0 Å². The second-order valence-electron chi connectivity index (χ2n) is 7.51. The number of nitrogens with zero attached hydrogens (tertiary/aromatic N) is 1. The van der Waals surface area contributed by atoms with Gasteiger partial charge < -0.3 is 19.5 Å². The van der Waals surface area contributed by atoms with Crippen LogP contribution in [0.25, 0.3) is 10.9 Å². The first-order chi connectivity index (χ1) is 13.6. The van der Waals surface area contributed by atoms with E-state index >= 15 is 0 Å². The number of pyridine rings is 1. The molecule has 0 aliphatic rings. The molecule has 0 aliphatic carbocycles. The standard InChI is InChI=1S/C23H35NO4/c1-3-5-7-9-10-11-15-24-20-17-18(28-16-12-8-6-4-2)13-14-19(20)21(25)22(26)23(24)27/h13-14,17,25-26H,3-12,15-16H2,1-2H3. The van der Waals surface area contributed by atoms with Crippen molar-refractivity contribution in [1.29, 1.82) is 0 Å². The van der Waals surface area contributed by atoms with Gasteiger partial charge in [0, 0.05) is 18.0 Å². The van der Waals surface area contributed by atoms with Crippen LogP contribution < -0.4 is 10.3 Å². The van der Waals surface area contributed by atoms with Crippen molar-refractivity contribution < 1.29 is 14.9 Å². The molecular formula is C23H35NO4. The number of hydrogen-bond donors (Lipinski definition) is 2. The second kappa shape index (κ2) is 11.6. The highest BCUT2D eigenvalue weighted by Crippen LogP contribution is 2.32. The third-order valence-corrected chi connectivity index (χ3v) is 5.19. The number of fused-ring (bicyclic) bond motifs is 1. The third kappa shape index (κ3) is 5.91. The van der Waals surface area contributed by atoms with E-state index in [0.717, 1.165) is 32.1 Å². The first-order valence-corrected chi connectivity index (χ1v) is 10.8. The van der Waals surface area contributed by atoms with Crippen molar-refractivity contribution in [2.75, 3.05) is 6.61 Å². The smallest absolute Gasteiger partial charge is 0.297 e. The van der Waals surface area contributed by atoms with Crippen LogP contribution in [0.2, 0.25) is 0 Å². The van der Waals surface area contributed by atoms with Crippen LogP contribution in [0.15, 0.2) is 23.0 Å². The maximum absolute atomic E-state index is 12.5.